The fraction of sp³-hybridized carbons (Fsp3) is 0.440. The Kier molecular flexibility index (Phi) is 7.49. The Morgan fingerprint density at radius 1 is 0.946 bits per heavy atom. The van der Waals surface area contributed by atoms with Crippen LogP contribution in [0.4, 0.5) is 19.0 Å². The maximum absolute atomic E-state index is 13.4. The van der Waals surface area contributed by atoms with E-state index in [1.54, 1.807) is 12.3 Å². The molecule has 0 bridgehead atoms. The number of halogens is 3. The molecule has 12 heteroatoms. The summed E-state index contributed by atoms with van der Waals surface area (Å²) in [5.41, 5.74) is 0.991. The molecule has 1 unspecified atom stereocenters. The highest BCUT2D eigenvalue weighted by Crippen LogP contribution is 2.29. The molecule has 2 aliphatic heterocycles. The van der Waals surface area contributed by atoms with Gasteiger partial charge in [-0.05, 0) is 17.5 Å². The molecule has 2 fully saturated rings. The lowest BCUT2D eigenvalue weighted by atomic mass is 10.0. The van der Waals surface area contributed by atoms with Crippen molar-refractivity contribution >= 4 is 22.5 Å². The van der Waals surface area contributed by atoms with Gasteiger partial charge in [-0.2, -0.15) is 13.2 Å². The first kappa shape index (κ1) is 25.3. The average Bonchev–Trinajstić information content (AvgIpc) is 2.93. The molecule has 1 aromatic carbocycles. The summed E-state index contributed by atoms with van der Waals surface area (Å²) in [6.45, 7) is 4.99. The van der Waals surface area contributed by atoms with E-state index in [4.69, 9.17) is 9.47 Å². The smallest absolute Gasteiger partial charge is 0.379 e. The number of hydrogen-bond acceptors (Lipinski definition) is 8. The number of aromatic nitrogens is 3. The van der Waals surface area contributed by atoms with E-state index in [0.29, 0.717) is 50.6 Å². The van der Waals surface area contributed by atoms with Gasteiger partial charge in [-0.3, -0.25) is 9.69 Å². The van der Waals surface area contributed by atoms with Crippen molar-refractivity contribution in [2.75, 3.05) is 64.1 Å². The second kappa shape index (κ2) is 11.0. The molecule has 2 saturated heterocycles. The summed E-state index contributed by atoms with van der Waals surface area (Å²) in [6.07, 6.45) is -0.564. The van der Waals surface area contributed by atoms with Crippen LogP contribution in [0.25, 0.3) is 10.8 Å². The number of morpholine rings is 2. The van der Waals surface area contributed by atoms with Gasteiger partial charge < -0.3 is 19.7 Å². The van der Waals surface area contributed by atoms with Crippen LogP contribution in [0, 0.1) is 0 Å². The number of hydrogen-bond donors (Lipinski definition) is 1. The Labute approximate surface area is 211 Å². The van der Waals surface area contributed by atoms with Gasteiger partial charge >= 0.3 is 6.18 Å². The molecule has 2 aliphatic rings. The number of amides is 1. The molecule has 0 saturated carbocycles. The van der Waals surface area contributed by atoms with Gasteiger partial charge in [0.1, 0.15) is 5.82 Å². The molecular weight excluding hydrogens is 489 g/mol. The molecule has 1 atom stereocenters. The van der Waals surface area contributed by atoms with Gasteiger partial charge in [0, 0.05) is 67.8 Å². The highest BCUT2D eigenvalue weighted by molar-refractivity contribution is 6.09. The van der Waals surface area contributed by atoms with Crippen molar-refractivity contribution in [2.45, 2.75) is 12.2 Å². The van der Waals surface area contributed by atoms with Crippen molar-refractivity contribution in [2.24, 2.45) is 0 Å². The van der Waals surface area contributed by atoms with Crippen molar-refractivity contribution in [3.05, 3.63) is 59.8 Å². The monoisotopic (exact) mass is 516 g/mol. The van der Waals surface area contributed by atoms with Crippen molar-refractivity contribution in [1.29, 1.82) is 0 Å². The predicted octanol–water partition coefficient (Wildman–Crippen LogP) is 2.68. The summed E-state index contributed by atoms with van der Waals surface area (Å²) < 4.78 is 49.8. The van der Waals surface area contributed by atoms with Crippen LogP contribution in [-0.2, 0) is 15.7 Å². The van der Waals surface area contributed by atoms with Gasteiger partial charge in [0.15, 0.2) is 0 Å². The molecule has 4 heterocycles. The van der Waals surface area contributed by atoms with Gasteiger partial charge in [0.25, 0.3) is 5.91 Å². The van der Waals surface area contributed by atoms with E-state index in [-0.39, 0.29) is 12.5 Å². The summed E-state index contributed by atoms with van der Waals surface area (Å²) >= 11 is 0. The number of carbonyl (C=O) groups excluding carboxylic acids is 1. The first-order valence-corrected chi connectivity index (χ1v) is 12.1. The number of anilines is 1. The summed E-state index contributed by atoms with van der Waals surface area (Å²) in [4.78, 5) is 29.2. The fourth-order valence-corrected chi connectivity index (χ4v) is 4.70. The number of alkyl halides is 3. The Morgan fingerprint density at radius 3 is 2.30 bits per heavy atom. The standard InChI is InChI=1S/C25H27F3N6O3/c26-25(27,28)24-31-14-17(15-32-24)21(33-6-10-36-11-7-33)16-30-23(35)20-3-1-2-19-18(20)4-5-29-22(19)34-8-12-37-13-9-34/h1-5,14-15,21H,6-13,16H2,(H,30,35). The lowest BCUT2D eigenvalue weighted by Crippen LogP contribution is -2.44. The third-order valence-electron chi connectivity index (χ3n) is 6.59. The molecule has 0 aliphatic carbocycles. The van der Waals surface area contributed by atoms with E-state index in [2.05, 4.69) is 30.1 Å². The van der Waals surface area contributed by atoms with E-state index in [9.17, 15) is 18.0 Å². The minimum absolute atomic E-state index is 0.172. The van der Waals surface area contributed by atoms with Gasteiger partial charge in [-0.25, -0.2) is 15.0 Å². The Balaban J connectivity index is 1.38. The van der Waals surface area contributed by atoms with Crippen LogP contribution in [0.5, 0.6) is 0 Å². The zero-order valence-corrected chi connectivity index (χ0v) is 20.1. The van der Waals surface area contributed by atoms with E-state index in [1.165, 1.54) is 12.4 Å². The lowest BCUT2D eigenvalue weighted by Gasteiger charge is -2.34. The average molecular weight is 517 g/mol. The quantitative estimate of drug-likeness (QED) is 0.535. The van der Waals surface area contributed by atoms with E-state index in [0.717, 1.165) is 29.7 Å². The van der Waals surface area contributed by atoms with Gasteiger partial charge in [0.2, 0.25) is 5.82 Å². The SMILES string of the molecule is O=C(NCC(c1cnc(C(F)(F)F)nc1)N1CCOCC1)c1cccc2c(N3CCOCC3)nccc12. The molecule has 3 aromatic rings. The van der Waals surface area contributed by atoms with Crippen molar-refractivity contribution in [1.82, 2.24) is 25.2 Å². The van der Waals surface area contributed by atoms with E-state index in [1.807, 2.05) is 18.2 Å². The number of nitrogens with one attached hydrogen (secondary N) is 1. The summed E-state index contributed by atoms with van der Waals surface area (Å²) in [5.74, 6) is -0.666. The Morgan fingerprint density at radius 2 is 1.62 bits per heavy atom. The fourth-order valence-electron chi connectivity index (χ4n) is 4.70. The minimum atomic E-state index is -4.62. The van der Waals surface area contributed by atoms with Crippen LogP contribution in [0.1, 0.15) is 27.8 Å². The topological polar surface area (TPSA) is 92.7 Å². The summed E-state index contributed by atoms with van der Waals surface area (Å²) in [7, 11) is 0. The Bertz CT molecular complexity index is 1230. The van der Waals surface area contributed by atoms with Crippen molar-refractivity contribution in [3.8, 4) is 0 Å². The highest BCUT2D eigenvalue weighted by Gasteiger charge is 2.35. The van der Waals surface area contributed by atoms with Crippen LogP contribution in [0.15, 0.2) is 42.9 Å². The molecule has 1 N–H and O–H groups in total. The van der Waals surface area contributed by atoms with Crippen LogP contribution in [-0.4, -0.2) is 84.9 Å². The molecular formula is C25H27F3N6O3. The van der Waals surface area contributed by atoms with Crippen molar-refractivity contribution < 1.29 is 27.4 Å². The van der Waals surface area contributed by atoms with Gasteiger partial charge in [-0.15, -0.1) is 0 Å². The van der Waals surface area contributed by atoms with Gasteiger partial charge in [0.05, 0.1) is 32.5 Å². The second-order valence-electron chi connectivity index (χ2n) is 8.85. The maximum Gasteiger partial charge on any atom is 0.451 e. The van der Waals surface area contributed by atoms with Crippen molar-refractivity contribution in [3.63, 3.8) is 0 Å². The van der Waals surface area contributed by atoms with Crippen LogP contribution in [0.2, 0.25) is 0 Å². The molecule has 1 amide bonds. The largest absolute Gasteiger partial charge is 0.451 e. The Hall–Kier alpha value is -3.35. The molecule has 0 spiro atoms. The zero-order valence-electron chi connectivity index (χ0n) is 20.1. The normalized spacial score (nSPS) is 18.1. The van der Waals surface area contributed by atoms with Crippen LogP contribution < -0.4 is 10.2 Å². The number of benzene rings is 1. The first-order valence-electron chi connectivity index (χ1n) is 12.1. The number of ether oxygens (including phenoxy) is 2. The number of nitrogens with zero attached hydrogens (tertiary/aromatic N) is 5. The predicted molar refractivity (Wildman–Crippen MR) is 129 cm³/mol. The molecule has 196 valence electrons. The number of fused-ring (bicyclic) bond motifs is 1. The highest BCUT2D eigenvalue weighted by atomic mass is 19.4. The number of carbonyl (C=O) groups is 1. The molecule has 9 nitrogen and oxygen atoms in total. The molecule has 2 aromatic heterocycles. The third-order valence-corrected chi connectivity index (χ3v) is 6.59. The van der Waals surface area contributed by atoms with E-state index < -0.39 is 18.0 Å². The number of rotatable bonds is 6. The molecule has 5 rings (SSSR count). The minimum Gasteiger partial charge on any atom is -0.379 e. The lowest BCUT2D eigenvalue weighted by molar-refractivity contribution is -0.145. The van der Waals surface area contributed by atoms with Gasteiger partial charge in [-0.1, -0.05) is 12.1 Å². The molecule has 37 heavy (non-hydrogen) atoms. The summed E-state index contributed by atoms with van der Waals surface area (Å²) in [5, 5.41) is 4.63. The van der Waals surface area contributed by atoms with Crippen LogP contribution >= 0.6 is 0 Å². The third kappa shape index (κ3) is 5.65. The number of pyridine rings is 1. The maximum atomic E-state index is 13.4. The van der Waals surface area contributed by atoms with Crippen LogP contribution in [0.3, 0.4) is 0 Å². The molecule has 0 radical (unpaired) electrons. The first-order chi connectivity index (χ1) is 17.9. The second-order valence-corrected chi connectivity index (χ2v) is 8.85. The zero-order chi connectivity index (χ0) is 25.8. The summed E-state index contributed by atoms with van der Waals surface area (Å²) in [6, 6.07) is 6.94. The van der Waals surface area contributed by atoms with E-state index >= 15 is 0 Å².